The van der Waals surface area contributed by atoms with Crippen molar-refractivity contribution >= 4 is 33.4 Å². The van der Waals surface area contributed by atoms with Gasteiger partial charge in [0, 0.05) is 17.0 Å². The molecular weight excluding hydrogens is 461 g/mol. The van der Waals surface area contributed by atoms with Crippen molar-refractivity contribution in [1.82, 2.24) is 5.32 Å². The van der Waals surface area contributed by atoms with E-state index in [1.165, 1.54) is 18.2 Å². The van der Waals surface area contributed by atoms with Gasteiger partial charge in [-0.15, -0.1) is 0 Å². The van der Waals surface area contributed by atoms with E-state index in [1.54, 1.807) is 30.8 Å². The maximum atomic E-state index is 13.3. The van der Waals surface area contributed by atoms with Crippen molar-refractivity contribution in [2.45, 2.75) is 43.5 Å². The number of sulfonamides is 1. The molecule has 1 N–H and O–H groups in total. The summed E-state index contributed by atoms with van der Waals surface area (Å²) < 4.78 is 66.9. The summed E-state index contributed by atoms with van der Waals surface area (Å²) in [6, 6.07) is 9.84. The topological polar surface area (TPSA) is 66.5 Å². The molecule has 0 aromatic heterocycles. The predicted molar refractivity (Wildman–Crippen MR) is 122 cm³/mol. The lowest BCUT2D eigenvalue weighted by Gasteiger charge is -2.25. The first kappa shape index (κ1) is 26.1. The van der Waals surface area contributed by atoms with E-state index in [4.69, 9.17) is 0 Å². The van der Waals surface area contributed by atoms with Gasteiger partial charge in [0.15, 0.2) is 0 Å². The molecule has 0 radical (unpaired) electrons. The van der Waals surface area contributed by atoms with Crippen LogP contribution in [0, 0.1) is 6.92 Å². The highest BCUT2D eigenvalue weighted by molar-refractivity contribution is 8.00. The smallest absolute Gasteiger partial charge is 0.354 e. The van der Waals surface area contributed by atoms with Crippen LogP contribution in [0.3, 0.4) is 0 Å². The Morgan fingerprint density at radius 1 is 1.06 bits per heavy atom. The highest BCUT2D eigenvalue weighted by atomic mass is 32.2. The molecule has 0 bridgehead atoms. The molecule has 0 aliphatic rings. The Morgan fingerprint density at radius 3 is 2.25 bits per heavy atom. The molecule has 0 heterocycles. The molecule has 2 rings (SSSR count). The summed E-state index contributed by atoms with van der Waals surface area (Å²) in [6.45, 7) is 7.54. The molecule has 32 heavy (non-hydrogen) atoms. The van der Waals surface area contributed by atoms with Gasteiger partial charge >= 0.3 is 6.18 Å². The second-order valence-electron chi connectivity index (χ2n) is 8.18. The third-order valence-corrected chi connectivity index (χ3v) is 7.38. The van der Waals surface area contributed by atoms with Crippen LogP contribution in [-0.4, -0.2) is 37.9 Å². The number of rotatable bonds is 8. The Morgan fingerprint density at radius 2 is 1.69 bits per heavy atom. The quantitative estimate of drug-likeness (QED) is 0.539. The Bertz CT molecular complexity index is 1030. The van der Waals surface area contributed by atoms with Gasteiger partial charge in [0.05, 0.1) is 16.1 Å². The third kappa shape index (κ3) is 7.44. The molecule has 0 saturated heterocycles. The number of thioether (sulfide) groups is 1. The fourth-order valence-corrected chi connectivity index (χ4v) is 4.95. The Labute approximate surface area is 191 Å². The lowest BCUT2D eigenvalue weighted by Crippen LogP contribution is -2.41. The van der Waals surface area contributed by atoms with Gasteiger partial charge in [-0.25, -0.2) is 8.42 Å². The lowest BCUT2D eigenvalue weighted by molar-refractivity contribution is -0.137. The van der Waals surface area contributed by atoms with E-state index in [0.29, 0.717) is 16.6 Å². The Kier molecular flexibility index (Phi) is 8.27. The number of aryl methyl sites for hydroxylation is 1. The van der Waals surface area contributed by atoms with E-state index in [-0.39, 0.29) is 15.3 Å². The molecule has 0 unspecified atom stereocenters. The number of alkyl halides is 3. The molecule has 0 fully saturated rings. The number of hydrogen-bond donors (Lipinski definition) is 1. The molecule has 1 amide bonds. The molecule has 0 aliphatic heterocycles. The number of benzene rings is 2. The first-order chi connectivity index (χ1) is 14.7. The van der Waals surface area contributed by atoms with Crippen LogP contribution < -0.4 is 9.62 Å². The second-order valence-corrected chi connectivity index (χ2v) is 12.0. The highest BCUT2D eigenvalue weighted by Crippen LogP contribution is 2.33. The van der Waals surface area contributed by atoms with Gasteiger partial charge < -0.3 is 5.32 Å². The number of halogens is 3. The largest absolute Gasteiger partial charge is 0.416 e. The van der Waals surface area contributed by atoms with Gasteiger partial charge in [0.2, 0.25) is 5.91 Å². The summed E-state index contributed by atoms with van der Waals surface area (Å²) in [4.78, 5) is 12.4. The van der Waals surface area contributed by atoms with E-state index >= 15 is 0 Å². The summed E-state index contributed by atoms with van der Waals surface area (Å²) >= 11 is 1.63. The van der Waals surface area contributed by atoms with Crippen molar-refractivity contribution in [2.24, 2.45) is 0 Å². The zero-order chi connectivity index (χ0) is 24.2. The lowest BCUT2D eigenvalue weighted by atomic mass is 10.2. The van der Waals surface area contributed by atoms with Crippen LogP contribution in [0.15, 0.2) is 53.4 Å². The average Bonchev–Trinajstić information content (AvgIpc) is 2.68. The number of hydrogen-bond acceptors (Lipinski definition) is 4. The number of nitrogens with one attached hydrogen (secondary N) is 1. The van der Waals surface area contributed by atoms with Crippen LogP contribution >= 0.6 is 11.8 Å². The summed E-state index contributed by atoms with van der Waals surface area (Å²) in [6.07, 6.45) is -4.65. The molecular formula is C22H27F3N2O3S2. The van der Waals surface area contributed by atoms with Crippen molar-refractivity contribution in [1.29, 1.82) is 0 Å². The maximum Gasteiger partial charge on any atom is 0.416 e. The van der Waals surface area contributed by atoms with E-state index in [2.05, 4.69) is 5.32 Å². The molecule has 10 heteroatoms. The monoisotopic (exact) mass is 488 g/mol. The van der Waals surface area contributed by atoms with Crippen LogP contribution in [0.25, 0.3) is 0 Å². The van der Waals surface area contributed by atoms with E-state index < -0.39 is 34.2 Å². The van der Waals surface area contributed by atoms with E-state index in [9.17, 15) is 26.4 Å². The molecule has 0 saturated carbocycles. The zero-order valence-electron chi connectivity index (χ0n) is 18.4. The van der Waals surface area contributed by atoms with Crippen molar-refractivity contribution in [3.8, 4) is 0 Å². The normalized spacial score (nSPS) is 12.5. The van der Waals surface area contributed by atoms with Gasteiger partial charge in [-0.1, -0.05) is 44.5 Å². The SMILES string of the molecule is Cc1ccc(S(=O)(=O)N(CC(=O)NCCSC(C)(C)C)c2cccc(C(F)(F)F)c2)cc1. The minimum absolute atomic E-state index is 0.00355. The molecule has 0 aliphatic carbocycles. The minimum Gasteiger partial charge on any atom is -0.354 e. The number of amides is 1. The molecule has 176 valence electrons. The summed E-state index contributed by atoms with van der Waals surface area (Å²) in [5.41, 5.74) is -0.413. The van der Waals surface area contributed by atoms with Crippen molar-refractivity contribution in [3.05, 3.63) is 59.7 Å². The number of carbonyl (C=O) groups excluding carboxylic acids is 1. The molecule has 2 aromatic carbocycles. The summed E-state index contributed by atoms with van der Waals surface area (Å²) in [5, 5.41) is 2.64. The molecule has 0 atom stereocenters. The first-order valence-corrected chi connectivity index (χ1v) is 12.3. The van der Waals surface area contributed by atoms with Crippen LogP contribution in [-0.2, 0) is 21.0 Å². The van der Waals surface area contributed by atoms with Crippen LogP contribution in [0.4, 0.5) is 18.9 Å². The maximum absolute atomic E-state index is 13.3. The number of nitrogens with zero attached hydrogens (tertiary/aromatic N) is 1. The number of carbonyl (C=O) groups is 1. The van der Waals surface area contributed by atoms with Crippen LogP contribution in [0.1, 0.15) is 31.9 Å². The standard InChI is InChI=1S/C22H27F3N2O3S2/c1-16-8-10-19(11-9-16)32(29,30)27(15-20(28)26-12-13-31-21(2,3)4)18-7-5-6-17(14-18)22(23,24)25/h5-11,14H,12-13,15H2,1-4H3,(H,26,28). The predicted octanol–water partition coefficient (Wildman–Crippen LogP) is 4.86. The van der Waals surface area contributed by atoms with E-state index in [1.807, 2.05) is 20.8 Å². The van der Waals surface area contributed by atoms with Crippen LogP contribution in [0.5, 0.6) is 0 Å². The molecule has 0 spiro atoms. The van der Waals surface area contributed by atoms with Crippen molar-refractivity contribution in [2.75, 3.05) is 23.1 Å². The van der Waals surface area contributed by atoms with Gasteiger partial charge in [0.25, 0.3) is 10.0 Å². The Hall–Kier alpha value is -2.20. The highest BCUT2D eigenvalue weighted by Gasteiger charge is 2.33. The molecule has 5 nitrogen and oxygen atoms in total. The fourth-order valence-electron chi connectivity index (χ4n) is 2.72. The van der Waals surface area contributed by atoms with Gasteiger partial charge in [-0.2, -0.15) is 24.9 Å². The van der Waals surface area contributed by atoms with E-state index in [0.717, 1.165) is 23.8 Å². The van der Waals surface area contributed by atoms with Gasteiger partial charge in [-0.05, 0) is 37.3 Å². The van der Waals surface area contributed by atoms with Crippen LogP contribution in [0.2, 0.25) is 0 Å². The minimum atomic E-state index is -4.65. The number of anilines is 1. The summed E-state index contributed by atoms with van der Waals surface area (Å²) in [5.74, 6) is 0.0105. The fraction of sp³-hybridized carbons (Fsp3) is 0.409. The third-order valence-electron chi connectivity index (χ3n) is 4.32. The zero-order valence-corrected chi connectivity index (χ0v) is 20.0. The second kappa shape index (κ2) is 10.2. The van der Waals surface area contributed by atoms with Gasteiger partial charge in [-0.3, -0.25) is 9.10 Å². The Balaban J connectivity index is 2.33. The summed E-state index contributed by atoms with van der Waals surface area (Å²) in [7, 11) is -4.28. The molecule has 2 aromatic rings. The van der Waals surface area contributed by atoms with Crippen molar-refractivity contribution in [3.63, 3.8) is 0 Å². The average molecular weight is 489 g/mol. The first-order valence-electron chi connectivity index (χ1n) is 9.87. The van der Waals surface area contributed by atoms with Gasteiger partial charge in [0.1, 0.15) is 6.54 Å². The van der Waals surface area contributed by atoms with Crippen molar-refractivity contribution < 1.29 is 26.4 Å².